The van der Waals surface area contributed by atoms with Gasteiger partial charge in [0.25, 0.3) is 5.65 Å². The number of pyridine rings is 2. The molecule has 1 aliphatic heterocycles. The molecule has 1 fully saturated rings. The molecule has 6 rings (SSSR count). The summed E-state index contributed by atoms with van der Waals surface area (Å²) in [5.74, 6) is 0. The van der Waals surface area contributed by atoms with Gasteiger partial charge in [0, 0.05) is 35.6 Å². The summed E-state index contributed by atoms with van der Waals surface area (Å²) in [6.45, 7) is 5.68. The first-order chi connectivity index (χ1) is 13.8. The quantitative estimate of drug-likeness (QED) is 0.415. The third kappa shape index (κ3) is 2.31. The van der Waals surface area contributed by atoms with E-state index in [2.05, 4.69) is 87.5 Å². The Kier molecular flexibility index (Phi) is 3.38. The van der Waals surface area contributed by atoms with Crippen LogP contribution in [0.15, 0.2) is 66.9 Å². The Balaban J connectivity index is 1.61. The monoisotopic (exact) mass is 368 g/mol. The average molecular weight is 368 g/mol. The van der Waals surface area contributed by atoms with Crippen molar-refractivity contribution in [3.05, 3.63) is 72.4 Å². The van der Waals surface area contributed by atoms with E-state index in [-0.39, 0.29) is 0 Å². The zero-order chi connectivity index (χ0) is 18.7. The first-order valence-electron chi connectivity index (χ1n) is 9.90. The summed E-state index contributed by atoms with van der Waals surface area (Å²) < 4.78 is 10.2. The van der Waals surface area contributed by atoms with Crippen molar-refractivity contribution in [2.45, 2.75) is 6.92 Å². The molecule has 0 N–H and O–H groups in total. The number of aryl methyl sites for hydroxylation is 1. The normalized spacial score (nSPS) is 15.2. The first kappa shape index (κ1) is 15.9. The summed E-state index contributed by atoms with van der Waals surface area (Å²) >= 11 is 0. The predicted molar refractivity (Wildman–Crippen MR) is 113 cm³/mol. The van der Waals surface area contributed by atoms with Crippen LogP contribution in [0.2, 0.25) is 0 Å². The van der Waals surface area contributed by atoms with Gasteiger partial charge >= 0.3 is 0 Å². The summed E-state index contributed by atoms with van der Waals surface area (Å²) in [6.07, 6.45) is 2.24. The lowest BCUT2D eigenvalue weighted by atomic mass is 10.1. The smallest absolute Gasteiger partial charge is 0.292 e. The number of aromatic nitrogens is 2. The zero-order valence-corrected chi connectivity index (χ0v) is 15.9. The maximum absolute atomic E-state index is 5.50. The molecule has 4 nitrogen and oxygen atoms in total. The molecule has 3 aromatic heterocycles. The van der Waals surface area contributed by atoms with Crippen LogP contribution >= 0.6 is 0 Å². The van der Waals surface area contributed by atoms with Crippen LogP contribution in [0, 0.1) is 6.92 Å². The number of benzene rings is 2. The fourth-order valence-electron chi connectivity index (χ4n) is 4.49. The minimum atomic E-state index is 0.808. The SMILES string of the molecule is Cc1ccc2c(ccc3n4c(ccc5cc(N6CCOCC6)ccc54)c[n+]23)c1. The van der Waals surface area contributed by atoms with E-state index in [9.17, 15) is 0 Å². The molecule has 1 saturated heterocycles. The number of morpholine rings is 1. The number of fused-ring (bicyclic) bond motifs is 7. The molecule has 4 heterocycles. The summed E-state index contributed by atoms with van der Waals surface area (Å²) in [7, 11) is 0. The van der Waals surface area contributed by atoms with Gasteiger partial charge in [0.05, 0.1) is 13.2 Å². The highest BCUT2D eigenvalue weighted by Crippen LogP contribution is 2.26. The second-order valence-electron chi connectivity index (χ2n) is 7.69. The van der Waals surface area contributed by atoms with Gasteiger partial charge in [0.15, 0.2) is 5.52 Å². The van der Waals surface area contributed by atoms with Gasteiger partial charge in [-0.25, -0.2) is 0 Å². The van der Waals surface area contributed by atoms with E-state index in [1.807, 2.05) is 0 Å². The van der Waals surface area contributed by atoms with E-state index in [1.165, 1.54) is 44.2 Å². The zero-order valence-electron chi connectivity index (χ0n) is 15.9. The molecule has 0 radical (unpaired) electrons. The van der Waals surface area contributed by atoms with Crippen LogP contribution in [-0.2, 0) is 4.74 Å². The van der Waals surface area contributed by atoms with E-state index >= 15 is 0 Å². The number of nitrogens with zero attached hydrogens (tertiary/aromatic N) is 3. The first-order valence-corrected chi connectivity index (χ1v) is 9.90. The van der Waals surface area contributed by atoms with Crippen LogP contribution < -0.4 is 9.30 Å². The number of hydrogen-bond acceptors (Lipinski definition) is 2. The molecule has 2 aromatic carbocycles. The third-order valence-electron chi connectivity index (χ3n) is 5.91. The largest absolute Gasteiger partial charge is 0.378 e. The lowest BCUT2D eigenvalue weighted by Crippen LogP contribution is -2.36. The van der Waals surface area contributed by atoms with Crippen LogP contribution in [-0.4, -0.2) is 30.7 Å². The molecular weight excluding hydrogens is 346 g/mol. The molecule has 0 unspecified atom stereocenters. The summed E-state index contributed by atoms with van der Waals surface area (Å²) in [5, 5.41) is 2.53. The Bertz CT molecular complexity index is 1360. The Morgan fingerprint density at radius 1 is 0.857 bits per heavy atom. The number of anilines is 1. The number of imidazole rings is 1. The van der Waals surface area contributed by atoms with Crippen molar-refractivity contribution >= 4 is 38.7 Å². The third-order valence-corrected chi connectivity index (χ3v) is 5.91. The Hall–Kier alpha value is -3.11. The van der Waals surface area contributed by atoms with Gasteiger partial charge in [-0.1, -0.05) is 11.6 Å². The average Bonchev–Trinajstić information content (AvgIpc) is 3.13. The minimum Gasteiger partial charge on any atom is -0.378 e. The van der Waals surface area contributed by atoms with Gasteiger partial charge in [0.2, 0.25) is 0 Å². The number of ether oxygens (including phenoxy) is 1. The van der Waals surface area contributed by atoms with Crippen LogP contribution in [0.3, 0.4) is 0 Å². The Morgan fingerprint density at radius 3 is 2.61 bits per heavy atom. The molecule has 138 valence electrons. The van der Waals surface area contributed by atoms with Gasteiger partial charge in [0.1, 0.15) is 17.2 Å². The molecule has 4 heteroatoms. The van der Waals surface area contributed by atoms with Crippen molar-refractivity contribution in [1.82, 2.24) is 4.40 Å². The van der Waals surface area contributed by atoms with E-state index in [4.69, 9.17) is 4.74 Å². The predicted octanol–water partition coefficient (Wildman–Crippen LogP) is 4.13. The number of rotatable bonds is 1. The maximum atomic E-state index is 5.50. The van der Waals surface area contributed by atoms with Crippen molar-refractivity contribution in [2.75, 3.05) is 31.2 Å². The summed E-state index contributed by atoms with van der Waals surface area (Å²) in [4.78, 5) is 2.41. The molecule has 0 saturated carbocycles. The molecule has 5 aromatic rings. The second-order valence-corrected chi connectivity index (χ2v) is 7.69. The highest BCUT2D eigenvalue weighted by molar-refractivity contribution is 5.88. The van der Waals surface area contributed by atoms with E-state index in [0.29, 0.717) is 0 Å². The van der Waals surface area contributed by atoms with Gasteiger partial charge < -0.3 is 9.64 Å². The van der Waals surface area contributed by atoms with E-state index in [0.717, 1.165) is 26.3 Å². The fourth-order valence-corrected chi connectivity index (χ4v) is 4.49. The van der Waals surface area contributed by atoms with Crippen molar-refractivity contribution in [3.63, 3.8) is 0 Å². The Labute approximate surface area is 163 Å². The molecule has 0 bridgehead atoms. The number of hydrogen-bond donors (Lipinski definition) is 0. The standard InChI is InChI=1S/C24H22N3O/c1-17-2-7-22-18(14-17)4-9-24-26(22)16-21-5-3-19-15-20(6-8-23(19)27(21)24)25-10-12-28-13-11-25/h2-9,14-16H,10-13H2,1H3/q+1. The molecular formula is C24H22N3O+. The lowest BCUT2D eigenvalue weighted by molar-refractivity contribution is -0.479. The van der Waals surface area contributed by atoms with Gasteiger partial charge in [-0.05, 0) is 55.5 Å². The second kappa shape index (κ2) is 5.94. The summed E-state index contributed by atoms with van der Waals surface area (Å²) in [6, 6.07) is 22.4. The molecule has 0 atom stereocenters. The van der Waals surface area contributed by atoms with Gasteiger partial charge in [-0.3, -0.25) is 0 Å². The lowest BCUT2D eigenvalue weighted by Gasteiger charge is -2.28. The van der Waals surface area contributed by atoms with Crippen molar-refractivity contribution in [2.24, 2.45) is 0 Å². The van der Waals surface area contributed by atoms with Crippen LogP contribution in [0.1, 0.15) is 5.56 Å². The minimum absolute atomic E-state index is 0.808. The van der Waals surface area contributed by atoms with Crippen molar-refractivity contribution in [1.29, 1.82) is 0 Å². The van der Waals surface area contributed by atoms with Crippen molar-refractivity contribution < 1.29 is 9.14 Å². The molecule has 1 aliphatic rings. The van der Waals surface area contributed by atoms with Gasteiger partial charge in [-0.2, -0.15) is 8.80 Å². The highest BCUT2D eigenvalue weighted by atomic mass is 16.5. The molecule has 28 heavy (non-hydrogen) atoms. The fraction of sp³-hybridized carbons (Fsp3) is 0.208. The van der Waals surface area contributed by atoms with Crippen LogP contribution in [0.5, 0.6) is 0 Å². The molecule has 0 aliphatic carbocycles. The molecule has 0 amide bonds. The van der Waals surface area contributed by atoms with Crippen LogP contribution in [0.25, 0.3) is 33.0 Å². The van der Waals surface area contributed by atoms with Crippen LogP contribution in [0.4, 0.5) is 5.69 Å². The van der Waals surface area contributed by atoms with Crippen molar-refractivity contribution in [3.8, 4) is 0 Å². The van der Waals surface area contributed by atoms with E-state index in [1.54, 1.807) is 0 Å². The summed E-state index contributed by atoms with van der Waals surface area (Å²) in [5.41, 5.74) is 7.45. The maximum Gasteiger partial charge on any atom is 0.292 e. The molecule has 0 spiro atoms. The topological polar surface area (TPSA) is 21.0 Å². The Morgan fingerprint density at radius 2 is 1.71 bits per heavy atom. The highest BCUT2D eigenvalue weighted by Gasteiger charge is 2.18. The van der Waals surface area contributed by atoms with E-state index < -0.39 is 0 Å². The van der Waals surface area contributed by atoms with Gasteiger partial charge in [-0.15, -0.1) is 0 Å².